The van der Waals surface area contributed by atoms with E-state index in [0.29, 0.717) is 32.0 Å². The van der Waals surface area contributed by atoms with E-state index in [2.05, 4.69) is 6.92 Å². The number of unbranched alkanes of at least 4 members (excludes halogenated alkanes) is 3. The smallest absolute Gasteiger partial charge is 0.150 e. The predicted molar refractivity (Wildman–Crippen MR) is 83.1 cm³/mol. The van der Waals surface area contributed by atoms with Crippen molar-refractivity contribution in [2.75, 3.05) is 33.0 Å². The Morgan fingerprint density at radius 2 is 1.52 bits per heavy atom. The highest BCUT2D eigenvalue weighted by molar-refractivity contribution is 5.74. The monoisotopic (exact) mass is 294 g/mol. The van der Waals surface area contributed by atoms with E-state index >= 15 is 0 Å². The van der Waals surface area contributed by atoms with Crippen LogP contribution in [0.5, 0.6) is 5.75 Å². The average molecular weight is 294 g/mol. The molecule has 1 rings (SSSR count). The number of ether oxygens (including phenoxy) is 3. The van der Waals surface area contributed by atoms with Gasteiger partial charge in [0.05, 0.1) is 19.8 Å². The highest BCUT2D eigenvalue weighted by Gasteiger charge is 1.95. The Balaban J connectivity index is 1.89. The molecular weight excluding hydrogens is 268 g/mol. The van der Waals surface area contributed by atoms with Gasteiger partial charge in [0, 0.05) is 12.2 Å². The normalized spacial score (nSPS) is 10.5. The third-order valence-corrected chi connectivity index (χ3v) is 3.03. The Kier molecular flexibility index (Phi) is 10.4. The van der Waals surface area contributed by atoms with Crippen molar-refractivity contribution in [1.29, 1.82) is 0 Å². The van der Waals surface area contributed by atoms with Crippen molar-refractivity contribution in [3.05, 3.63) is 29.8 Å². The first-order valence-electron chi connectivity index (χ1n) is 7.70. The van der Waals surface area contributed by atoms with Gasteiger partial charge in [-0.1, -0.05) is 26.2 Å². The summed E-state index contributed by atoms with van der Waals surface area (Å²) in [6.07, 6.45) is 5.73. The van der Waals surface area contributed by atoms with Gasteiger partial charge in [-0.2, -0.15) is 0 Å². The van der Waals surface area contributed by atoms with Gasteiger partial charge in [-0.05, 0) is 30.7 Å². The number of hydrogen-bond acceptors (Lipinski definition) is 4. The minimum Gasteiger partial charge on any atom is -0.491 e. The van der Waals surface area contributed by atoms with Crippen molar-refractivity contribution in [3.8, 4) is 5.75 Å². The second-order valence-corrected chi connectivity index (χ2v) is 4.82. The number of carbonyl (C=O) groups is 1. The SMILES string of the molecule is CCCCCCOCCOCCOc1ccc(C=O)cc1. The average Bonchev–Trinajstić information content (AvgIpc) is 2.53. The maximum Gasteiger partial charge on any atom is 0.150 e. The van der Waals surface area contributed by atoms with Gasteiger partial charge in [-0.3, -0.25) is 4.79 Å². The molecule has 0 fully saturated rings. The summed E-state index contributed by atoms with van der Waals surface area (Å²) >= 11 is 0. The highest BCUT2D eigenvalue weighted by Crippen LogP contribution is 2.10. The van der Waals surface area contributed by atoms with E-state index in [9.17, 15) is 4.79 Å². The van der Waals surface area contributed by atoms with Crippen LogP contribution in [0.3, 0.4) is 0 Å². The van der Waals surface area contributed by atoms with E-state index in [1.54, 1.807) is 24.3 Å². The lowest BCUT2D eigenvalue weighted by molar-refractivity contribution is 0.0352. The Morgan fingerprint density at radius 3 is 2.19 bits per heavy atom. The van der Waals surface area contributed by atoms with Gasteiger partial charge < -0.3 is 14.2 Å². The predicted octanol–water partition coefficient (Wildman–Crippen LogP) is 3.49. The Morgan fingerprint density at radius 1 is 0.857 bits per heavy atom. The van der Waals surface area contributed by atoms with Crippen LogP contribution in [-0.4, -0.2) is 39.3 Å². The molecule has 0 heterocycles. The van der Waals surface area contributed by atoms with Crippen LogP contribution in [-0.2, 0) is 9.47 Å². The zero-order chi connectivity index (χ0) is 15.2. The van der Waals surface area contributed by atoms with Crippen molar-refractivity contribution in [2.24, 2.45) is 0 Å². The number of hydrogen-bond donors (Lipinski definition) is 0. The fourth-order valence-corrected chi connectivity index (χ4v) is 1.81. The molecule has 0 saturated heterocycles. The standard InChI is InChI=1S/C17H26O4/c1-2-3-4-5-10-19-11-12-20-13-14-21-17-8-6-16(15-18)7-9-17/h6-9,15H,2-5,10-14H2,1H3. The van der Waals surface area contributed by atoms with E-state index in [1.807, 2.05) is 0 Å². The van der Waals surface area contributed by atoms with E-state index in [1.165, 1.54) is 19.3 Å². The topological polar surface area (TPSA) is 44.8 Å². The first-order chi connectivity index (χ1) is 10.4. The third-order valence-electron chi connectivity index (χ3n) is 3.03. The maximum atomic E-state index is 10.5. The summed E-state index contributed by atoms with van der Waals surface area (Å²) in [4.78, 5) is 10.5. The molecule has 0 atom stereocenters. The lowest BCUT2D eigenvalue weighted by Crippen LogP contribution is -2.11. The lowest BCUT2D eigenvalue weighted by Gasteiger charge is -2.08. The molecule has 0 aromatic heterocycles. The van der Waals surface area contributed by atoms with Crippen LogP contribution in [0, 0.1) is 0 Å². The lowest BCUT2D eigenvalue weighted by atomic mass is 10.2. The number of rotatable bonds is 13. The summed E-state index contributed by atoms with van der Waals surface area (Å²) in [7, 11) is 0. The van der Waals surface area contributed by atoms with Crippen LogP contribution in [0.2, 0.25) is 0 Å². The summed E-state index contributed by atoms with van der Waals surface area (Å²) in [6, 6.07) is 7.03. The molecule has 21 heavy (non-hydrogen) atoms. The number of aldehydes is 1. The molecule has 0 aliphatic rings. The zero-order valence-corrected chi connectivity index (χ0v) is 12.9. The molecule has 0 aliphatic heterocycles. The Hall–Kier alpha value is -1.39. The Labute approximate surface area is 127 Å². The highest BCUT2D eigenvalue weighted by atomic mass is 16.5. The molecule has 0 unspecified atom stereocenters. The zero-order valence-electron chi connectivity index (χ0n) is 12.9. The van der Waals surface area contributed by atoms with Crippen molar-refractivity contribution in [2.45, 2.75) is 32.6 Å². The van der Waals surface area contributed by atoms with Crippen LogP contribution < -0.4 is 4.74 Å². The first kappa shape index (κ1) is 17.7. The maximum absolute atomic E-state index is 10.5. The molecule has 118 valence electrons. The van der Waals surface area contributed by atoms with Crippen LogP contribution in [0.15, 0.2) is 24.3 Å². The summed E-state index contributed by atoms with van der Waals surface area (Å²) < 4.78 is 16.4. The van der Waals surface area contributed by atoms with Crippen molar-refractivity contribution in [3.63, 3.8) is 0 Å². The molecule has 0 spiro atoms. The van der Waals surface area contributed by atoms with Crippen molar-refractivity contribution < 1.29 is 19.0 Å². The number of benzene rings is 1. The second-order valence-electron chi connectivity index (χ2n) is 4.82. The van der Waals surface area contributed by atoms with Crippen LogP contribution in [0.4, 0.5) is 0 Å². The molecule has 0 amide bonds. The molecule has 0 aliphatic carbocycles. The summed E-state index contributed by atoms with van der Waals surface area (Å²) in [5.74, 6) is 0.747. The van der Waals surface area contributed by atoms with Crippen molar-refractivity contribution >= 4 is 6.29 Å². The molecule has 1 aromatic carbocycles. The summed E-state index contributed by atoms with van der Waals surface area (Å²) in [5.41, 5.74) is 0.648. The fraction of sp³-hybridized carbons (Fsp3) is 0.588. The number of carbonyl (C=O) groups excluding carboxylic acids is 1. The van der Waals surface area contributed by atoms with Gasteiger partial charge >= 0.3 is 0 Å². The van der Waals surface area contributed by atoms with Gasteiger partial charge in [0.1, 0.15) is 18.6 Å². The largest absolute Gasteiger partial charge is 0.491 e. The van der Waals surface area contributed by atoms with E-state index < -0.39 is 0 Å². The molecule has 1 aromatic rings. The van der Waals surface area contributed by atoms with Crippen LogP contribution in [0.25, 0.3) is 0 Å². The van der Waals surface area contributed by atoms with E-state index in [0.717, 1.165) is 25.1 Å². The summed E-state index contributed by atoms with van der Waals surface area (Å²) in [5, 5.41) is 0. The molecular formula is C17H26O4. The van der Waals surface area contributed by atoms with E-state index in [4.69, 9.17) is 14.2 Å². The van der Waals surface area contributed by atoms with Gasteiger partial charge in [-0.25, -0.2) is 0 Å². The first-order valence-corrected chi connectivity index (χ1v) is 7.70. The molecule has 4 heteroatoms. The molecule has 0 saturated carbocycles. The van der Waals surface area contributed by atoms with Crippen LogP contribution >= 0.6 is 0 Å². The van der Waals surface area contributed by atoms with Gasteiger partial charge in [-0.15, -0.1) is 0 Å². The molecule has 0 radical (unpaired) electrons. The molecule has 0 bridgehead atoms. The quantitative estimate of drug-likeness (QED) is 0.412. The van der Waals surface area contributed by atoms with Crippen LogP contribution in [0.1, 0.15) is 43.0 Å². The molecule has 0 N–H and O–H groups in total. The van der Waals surface area contributed by atoms with Gasteiger partial charge in [0.2, 0.25) is 0 Å². The minimum atomic E-state index is 0.497. The Bertz CT molecular complexity index is 362. The summed E-state index contributed by atoms with van der Waals surface area (Å²) in [6.45, 7) is 5.29. The molecule has 4 nitrogen and oxygen atoms in total. The fourth-order valence-electron chi connectivity index (χ4n) is 1.81. The minimum absolute atomic E-state index is 0.497. The third kappa shape index (κ3) is 9.21. The van der Waals surface area contributed by atoms with Crippen molar-refractivity contribution in [1.82, 2.24) is 0 Å². The second kappa shape index (κ2) is 12.4. The van der Waals surface area contributed by atoms with Gasteiger partial charge in [0.25, 0.3) is 0 Å². The van der Waals surface area contributed by atoms with E-state index in [-0.39, 0.29) is 0 Å². The van der Waals surface area contributed by atoms with Gasteiger partial charge in [0.15, 0.2) is 0 Å².